The van der Waals surface area contributed by atoms with Crippen LogP contribution in [0.1, 0.15) is 41.6 Å². The lowest BCUT2D eigenvalue weighted by Gasteiger charge is -2.37. The van der Waals surface area contributed by atoms with E-state index in [2.05, 4.69) is 15.9 Å². The van der Waals surface area contributed by atoms with E-state index in [-0.39, 0.29) is 23.6 Å². The lowest BCUT2D eigenvalue weighted by atomic mass is 10.0. The van der Waals surface area contributed by atoms with Gasteiger partial charge in [-0.05, 0) is 44.2 Å². The monoisotopic (exact) mass is 343 g/mol. The van der Waals surface area contributed by atoms with Crippen molar-refractivity contribution in [1.29, 1.82) is 0 Å². The number of nitrogens with zero attached hydrogens (tertiary/aromatic N) is 1. The van der Waals surface area contributed by atoms with Crippen molar-refractivity contribution in [1.82, 2.24) is 4.90 Å². The lowest BCUT2D eigenvalue weighted by molar-refractivity contribution is 0.0598. The zero-order valence-electron chi connectivity index (χ0n) is 11.2. The van der Waals surface area contributed by atoms with Crippen molar-refractivity contribution >= 4 is 21.8 Å². The molecule has 0 saturated carbocycles. The van der Waals surface area contributed by atoms with Crippen LogP contribution in [-0.2, 0) is 0 Å². The number of halogens is 3. The van der Waals surface area contributed by atoms with Crippen LogP contribution in [0, 0.1) is 18.6 Å². The average molecular weight is 344 g/mol. The van der Waals surface area contributed by atoms with E-state index in [9.17, 15) is 13.6 Å². The molecule has 2 saturated heterocycles. The molecule has 2 nitrogen and oxygen atoms in total. The highest BCUT2D eigenvalue weighted by Crippen LogP contribution is 2.39. The van der Waals surface area contributed by atoms with Crippen molar-refractivity contribution in [3.8, 4) is 0 Å². The van der Waals surface area contributed by atoms with Crippen molar-refractivity contribution in [2.45, 2.75) is 49.5 Å². The Labute approximate surface area is 125 Å². The smallest absolute Gasteiger partial charge is 0.257 e. The molecule has 1 aromatic carbocycles. The molecule has 2 unspecified atom stereocenters. The van der Waals surface area contributed by atoms with Gasteiger partial charge in [-0.25, -0.2) is 8.78 Å². The highest BCUT2D eigenvalue weighted by molar-refractivity contribution is 9.09. The first-order valence-electron chi connectivity index (χ1n) is 6.89. The number of carbonyl (C=O) groups is 1. The molecule has 5 heteroatoms. The minimum Gasteiger partial charge on any atom is -0.333 e. The van der Waals surface area contributed by atoms with E-state index < -0.39 is 11.6 Å². The number of carbonyl (C=O) groups excluding carboxylic acids is 1. The molecule has 1 amide bonds. The third kappa shape index (κ3) is 2.26. The Hall–Kier alpha value is -0.970. The molecule has 2 aliphatic rings. The zero-order valence-corrected chi connectivity index (χ0v) is 12.8. The maximum atomic E-state index is 13.9. The summed E-state index contributed by atoms with van der Waals surface area (Å²) in [6.07, 6.45) is 3.76. The second-order valence-electron chi connectivity index (χ2n) is 5.75. The van der Waals surface area contributed by atoms with Gasteiger partial charge in [-0.1, -0.05) is 15.9 Å². The normalized spacial score (nSPS) is 28.8. The van der Waals surface area contributed by atoms with Gasteiger partial charge in [0.1, 0.15) is 11.6 Å². The fourth-order valence-electron chi connectivity index (χ4n) is 3.40. The molecule has 3 rings (SSSR count). The van der Waals surface area contributed by atoms with E-state index in [1.165, 1.54) is 6.07 Å². The van der Waals surface area contributed by atoms with Gasteiger partial charge in [0.2, 0.25) is 0 Å². The molecule has 0 spiro atoms. The summed E-state index contributed by atoms with van der Waals surface area (Å²) in [5.74, 6) is -1.67. The van der Waals surface area contributed by atoms with Gasteiger partial charge in [0.25, 0.3) is 5.91 Å². The third-order valence-electron chi connectivity index (χ3n) is 4.39. The van der Waals surface area contributed by atoms with E-state index in [0.29, 0.717) is 10.4 Å². The summed E-state index contributed by atoms with van der Waals surface area (Å²) < 4.78 is 27.2. The Kier molecular flexibility index (Phi) is 3.56. The van der Waals surface area contributed by atoms with Gasteiger partial charge in [0.05, 0.1) is 5.56 Å². The molecule has 2 atom stereocenters. The number of hydrogen-bond acceptors (Lipinski definition) is 1. The number of aryl methyl sites for hydroxylation is 1. The van der Waals surface area contributed by atoms with Crippen LogP contribution in [0.25, 0.3) is 0 Å². The molecule has 2 heterocycles. The van der Waals surface area contributed by atoms with Crippen LogP contribution < -0.4 is 0 Å². The molecule has 2 bridgehead atoms. The van der Waals surface area contributed by atoms with Gasteiger partial charge in [0.15, 0.2) is 0 Å². The fraction of sp³-hybridized carbons (Fsp3) is 0.533. The number of amides is 1. The summed E-state index contributed by atoms with van der Waals surface area (Å²) in [6.45, 7) is 1.55. The number of benzene rings is 1. The van der Waals surface area contributed by atoms with Gasteiger partial charge in [-0.2, -0.15) is 0 Å². The largest absolute Gasteiger partial charge is 0.333 e. The maximum Gasteiger partial charge on any atom is 0.257 e. The van der Waals surface area contributed by atoms with Crippen LogP contribution in [0.15, 0.2) is 12.1 Å². The topological polar surface area (TPSA) is 20.3 Å². The Morgan fingerprint density at radius 1 is 1.20 bits per heavy atom. The summed E-state index contributed by atoms with van der Waals surface area (Å²) in [5.41, 5.74) is 0.297. The summed E-state index contributed by atoms with van der Waals surface area (Å²) in [7, 11) is 0. The van der Waals surface area contributed by atoms with Crippen molar-refractivity contribution < 1.29 is 13.6 Å². The van der Waals surface area contributed by atoms with E-state index >= 15 is 0 Å². The Morgan fingerprint density at radius 2 is 1.80 bits per heavy atom. The van der Waals surface area contributed by atoms with E-state index in [4.69, 9.17) is 0 Å². The molecular formula is C15H16BrF2NO. The molecule has 0 aliphatic carbocycles. The second-order valence-corrected chi connectivity index (χ2v) is 7.04. The minimum atomic E-state index is -0.765. The van der Waals surface area contributed by atoms with E-state index in [0.717, 1.165) is 31.7 Å². The average Bonchev–Trinajstić information content (AvgIpc) is 2.65. The first kappa shape index (κ1) is 14.0. The molecule has 108 valence electrons. The molecular weight excluding hydrogens is 328 g/mol. The first-order valence-corrected chi connectivity index (χ1v) is 7.81. The fourth-order valence-corrected chi connectivity index (χ4v) is 4.27. The van der Waals surface area contributed by atoms with Crippen LogP contribution in [0.4, 0.5) is 8.78 Å². The number of fused-ring (bicyclic) bond motifs is 2. The molecule has 20 heavy (non-hydrogen) atoms. The first-order chi connectivity index (χ1) is 9.47. The molecule has 0 N–H and O–H groups in total. The lowest BCUT2D eigenvalue weighted by Crippen LogP contribution is -2.47. The zero-order chi connectivity index (χ0) is 14.4. The summed E-state index contributed by atoms with van der Waals surface area (Å²) in [5, 5.41) is 0. The molecule has 1 aromatic rings. The van der Waals surface area contributed by atoms with E-state index in [1.54, 1.807) is 6.92 Å². The van der Waals surface area contributed by atoms with Crippen molar-refractivity contribution in [2.24, 2.45) is 0 Å². The third-order valence-corrected chi connectivity index (χ3v) is 5.14. The quantitative estimate of drug-likeness (QED) is 0.710. The Bertz CT molecular complexity index is 549. The molecule has 2 fully saturated rings. The predicted molar refractivity (Wildman–Crippen MR) is 76.0 cm³/mol. The van der Waals surface area contributed by atoms with Gasteiger partial charge in [-0.15, -0.1) is 0 Å². The minimum absolute atomic E-state index is 0.00572. The highest BCUT2D eigenvalue weighted by Gasteiger charge is 2.43. The van der Waals surface area contributed by atoms with Crippen LogP contribution >= 0.6 is 15.9 Å². The summed E-state index contributed by atoms with van der Waals surface area (Å²) in [4.78, 5) is 14.8. The van der Waals surface area contributed by atoms with Crippen molar-refractivity contribution in [3.05, 3.63) is 34.9 Å². The SMILES string of the molecule is Cc1cc(C(=O)N2C3CCC2CC(Br)C3)c(F)cc1F. The van der Waals surface area contributed by atoms with Crippen LogP contribution in [0.2, 0.25) is 0 Å². The number of rotatable bonds is 1. The summed E-state index contributed by atoms with van der Waals surface area (Å²) in [6, 6.07) is 2.49. The number of hydrogen-bond donors (Lipinski definition) is 0. The van der Waals surface area contributed by atoms with Crippen LogP contribution in [-0.4, -0.2) is 27.7 Å². The van der Waals surface area contributed by atoms with Crippen LogP contribution in [0.5, 0.6) is 0 Å². The Balaban J connectivity index is 1.92. The molecule has 0 radical (unpaired) electrons. The van der Waals surface area contributed by atoms with Crippen LogP contribution in [0.3, 0.4) is 0 Å². The molecule has 2 aliphatic heterocycles. The van der Waals surface area contributed by atoms with Crippen molar-refractivity contribution in [2.75, 3.05) is 0 Å². The van der Waals surface area contributed by atoms with Crippen molar-refractivity contribution in [3.63, 3.8) is 0 Å². The standard InChI is InChI=1S/C15H16BrF2NO/c1-8-4-12(14(18)7-13(8)17)15(20)19-10-2-3-11(19)6-9(16)5-10/h4,7,9-11H,2-3,5-6H2,1H3. The van der Waals surface area contributed by atoms with Gasteiger partial charge in [0, 0.05) is 23.0 Å². The van der Waals surface area contributed by atoms with Gasteiger partial charge in [-0.3, -0.25) is 4.79 Å². The second kappa shape index (κ2) is 5.10. The number of piperidine rings is 1. The van der Waals surface area contributed by atoms with E-state index in [1.807, 2.05) is 4.90 Å². The van der Waals surface area contributed by atoms with Gasteiger partial charge >= 0.3 is 0 Å². The summed E-state index contributed by atoms with van der Waals surface area (Å²) >= 11 is 3.62. The maximum absolute atomic E-state index is 13.9. The predicted octanol–water partition coefficient (Wildman–Crippen LogP) is 3.80. The van der Waals surface area contributed by atoms with Gasteiger partial charge < -0.3 is 4.90 Å². The highest BCUT2D eigenvalue weighted by atomic mass is 79.9. The molecule has 0 aromatic heterocycles. The Morgan fingerprint density at radius 3 is 2.40 bits per heavy atom. The number of alkyl halides is 1.